The van der Waals surface area contributed by atoms with Gasteiger partial charge in [-0.25, -0.2) is 10.2 Å². The van der Waals surface area contributed by atoms with E-state index in [2.05, 4.69) is 10.9 Å². The van der Waals surface area contributed by atoms with Crippen molar-refractivity contribution in [2.75, 3.05) is 6.61 Å². The topological polar surface area (TPSA) is 67.4 Å². The zero-order valence-corrected chi connectivity index (χ0v) is 13.0. The summed E-state index contributed by atoms with van der Waals surface area (Å²) < 4.78 is 4.70. The van der Waals surface area contributed by atoms with Gasteiger partial charge in [-0.15, -0.1) is 0 Å². The SMILES string of the molecule is CCOC(=O)NNC(=O)CC(c1ccccc1)c1ccccc1. The highest BCUT2D eigenvalue weighted by Gasteiger charge is 2.18. The van der Waals surface area contributed by atoms with Crippen molar-refractivity contribution in [1.29, 1.82) is 0 Å². The summed E-state index contributed by atoms with van der Waals surface area (Å²) in [7, 11) is 0. The summed E-state index contributed by atoms with van der Waals surface area (Å²) in [6, 6.07) is 19.6. The van der Waals surface area contributed by atoms with Crippen molar-refractivity contribution in [3.8, 4) is 0 Å². The van der Waals surface area contributed by atoms with Crippen LogP contribution in [0.5, 0.6) is 0 Å². The number of carbonyl (C=O) groups excluding carboxylic acids is 2. The van der Waals surface area contributed by atoms with Gasteiger partial charge < -0.3 is 4.74 Å². The zero-order valence-electron chi connectivity index (χ0n) is 13.0. The number of carbonyl (C=O) groups is 2. The molecule has 0 aliphatic carbocycles. The highest BCUT2D eigenvalue weighted by Crippen LogP contribution is 2.27. The van der Waals surface area contributed by atoms with Crippen LogP contribution in [-0.4, -0.2) is 18.6 Å². The van der Waals surface area contributed by atoms with Crippen molar-refractivity contribution in [3.05, 3.63) is 71.8 Å². The third kappa shape index (κ3) is 5.14. The molecule has 0 fully saturated rings. The lowest BCUT2D eigenvalue weighted by atomic mass is 9.88. The Kier molecular flexibility index (Phi) is 6.17. The molecule has 5 nitrogen and oxygen atoms in total. The third-order valence-corrected chi connectivity index (χ3v) is 3.37. The highest BCUT2D eigenvalue weighted by molar-refractivity contribution is 5.80. The molecule has 0 bridgehead atoms. The van der Waals surface area contributed by atoms with Gasteiger partial charge in [0.1, 0.15) is 0 Å². The van der Waals surface area contributed by atoms with Crippen LogP contribution in [0.4, 0.5) is 4.79 Å². The van der Waals surface area contributed by atoms with Crippen LogP contribution in [0, 0.1) is 0 Å². The maximum Gasteiger partial charge on any atom is 0.426 e. The molecule has 2 N–H and O–H groups in total. The van der Waals surface area contributed by atoms with Gasteiger partial charge in [0.15, 0.2) is 0 Å². The Balaban J connectivity index is 2.07. The minimum atomic E-state index is -0.670. The molecular weight excluding hydrogens is 292 g/mol. The predicted octanol–water partition coefficient (Wildman–Crippen LogP) is 2.99. The van der Waals surface area contributed by atoms with Crippen molar-refractivity contribution < 1.29 is 14.3 Å². The summed E-state index contributed by atoms with van der Waals surface area (Å²) in [6.45, 7) is 1.95. The molecule has 0 spiro atoms. The van der Waals surface area contributed by atoms with Crippen LogP contribution >= 0.6 is 0 Å². The second kappa shape index (κ2) is 8.58. The van der Waals surface area contributed by atoms with Gasteiger partial charge in [0.05, 0.1) is 6.61 Å². The smallest absolute Gasteiger partial charge is 0.426 e. The number of amides is 2. The van der Waals surface area contributed by atoms with Gasteiger partial charge in [0.25, 0.3) is 0 Å². The van der Waals surface area contributed by atoms with E-state index in [1.165, 1.54) is 0 Å². The zero-order chi connectivity index (χ0) is 16.5. The highest BCUT2D eigenvalue weighted by atomic mass is 16.5. The van der Waals surface area contributed by atoms with Gasteiger partial charge in [0, 0.05) is 12.3 Å². The molecule has 0 aromatic heterocycles. The van der Waals surface area contributed by atoms with Crippen LogP contribution in [0.1, 0.15) is 30.4 Å². The summed E-state index contributed by atoms with van der Waals surface area (Å²) in [5.74, 6) is -0.364. The van der Waals surface area contributed by atoms with Crippen LogP contribution in [0.25, 0.3) is 0 Å². The molecule has 0 radical (unpaired) electrons. The molecule has 5 heteroatoms. The minimum Gasteiger partial charge on any atom is -0.449 e. The molecule has 0 heterocycles. The van der Waals surface area contributed by atoms with Crippen LogP contribution in [0.3, 0.4) is 0 Å². The lowest BCUT2D eigenvalue weighted by Crippen LogP contribution is -2.42. The number of nitrogens with one attached hydrogen (secondary N) is 2. The van der Waals surface area contributed by atoms with Crippen LogP contribution in [0.2, 0.25) is 0 Å². The summed E-state index contributed by atoms with van der Waals surface area (Å²) >= 11 is 0. The molecule has 2 amide bonds. The summed E-state index contributed by atoms with van der Waals surface area (Å²) in [6.07, 6.45) is -0.447. The number of rotatable bonds is 5. The van der Waals surface area contributed by atoms with Gasteiger partial charge in [-0.2, -0.15) is 0 Å². The van der Waals surface area contributed by atoms with Gasteiger partial charge in [-0.05, 0) is 18.1 Å². The van der Waals surface area contributed by atoms with E-state index in [0.29, 0.717) is 0 Å². The van der Waals surface area contributed by atoms with E-state index < -0.39 is 6.09 Å². The van der Waals surface area contributed by atoms with Crippen molar-refractivity contribution in [2.45, 2.75) is 19.3 Å². The fourth-order valence-electron chi connectivity index (χ4n) is 2.32. The third-order valence-electron chi connectivity index (χ3n) is 3.37. The normalized spacial score (nSPS) is 10.2. The molecule has 0 atom stereocenters. The van der Waals surface area contributed by atoms with Crippen molar-refractivity contribution in [1.82, 2.24) is 10.9 Å². The lowest BCUT2D eigenvalue weighted by molar-refractivity contribution is -0.122. The first-order valence-corrected chi connectivity index (χ1v) is 7.52. The van der Waals surface area contributed by atoms with Gasteiger partial charge >= 0.3 is 6.09 Å². The molecule has 0 aliphatic heterocycles. The number of hydrogen-bond acceptors (Lipinski definition) is 3. The molecule has 0 aliphatic rings. The molecule has 23 heavy (non-hydrogen) atoms. The first-order chi connectivity index (χ1) is 11.2. The Hall–Kier alpha value is -2.82. The lowest BCUT2D eigenvalue weighted by Gasteiger charge is -2.18. The van der Waals surface area contributed by atoms with Gasteiger partial charge in [0.2, 0.25) is 5.91 Å². The molecular formula is C18H20N2O3. The van der Waals surface area contributed by atoms with E-state index in [4.69, 9.17) is 4.74 Å². The molecule has 0 saturated carbocycles. The Bertz CT molecular complexity index is 590. The van der Waals surface area contributed by atoms with E-state index in [1.54, 1.807) is 6.92 Å². The second-order valence-corrected chi connectivity index (χ2v) is 4.97. The number of benzene rings is 2. The Morgan fingerprint density at radius 1 is 0.913 bits per heavy atom. The number of hydrogen-bond donors (Lipinski definition) is 2. The Labute approximate surface area is 135 Å². The van der Waals surface area contributed by atoms with Crippen LogP contribution in [0.15, 0.2) is 60.7 Å². The fourth-order valence-corrected chi connectivity index (χ4v) is 2.32. The first kappa shape index (κ1) is 16.5. The molecule has 2 rings (SSSR count). The van der Waals surface area contributed by atoms with Gasteiger partial charge in [-0.1, -0.05) is 60.7 Å². The largest absolute Gasteiger partial charge is 0.449 e. The second-order valence-electron chi connectivity index (χ2n) is 4.97. The van der Waals surface area contributed by atoms with E-state index >= 15 is 0 Å². The van der Waals surface area contributed by atoms with E-state index in [1.807, 2.05) is 60.7 Å². The molecule has 0 saturated heterocycles. The number of ether oxygens (including phenoxy) is 1. The number of hydrazine groups is 1. The maximum atomic E-state index is 12.1. The molecule has 120 valence electrons. The average molecular weight is 312 g/mol. The van der Waals surface area contributed by atoms with Crippen molar-refractivity contribution in [2.24, 2.45) is 0 Å². The molecule has 2 aromatic carbocycles. The predicted molar refractivity (Wildman–Crippen MR) is 87.6 cm³/mol. The fraction of sp³-hybridized carbons (Fsp3) is 0.222. The average Bonchev–Trinajstić information content (AvgIpc) is 2.60. The Morgan fingerprint density at radius 2 is 1.43 bits per heavy atom. The monoisotopic (exact) mass is 312 g/mol. The van der Waals surface area contributed by atoms with Crippen LogP contribution in [-0.2, 0) is 9.53 Å². The maximum absolute atomic E-state index is 12.1. The minimum absolute atomic E-state index is 0.0820. The Morgan fingerprint density at radius 3 is 1.91 bits per heavy atom. The van der Waals surface area contributed by atoms with Crippen LogP contribution < -0.4 is 10.9 Å². The molecule has 2 aromatic rings. The summed E-state index contributed by atoms with van der Waals surface area (Å²) in [5.41, 5.74) is 6.70. The summed E-state index contributed by atoms with van der Waals surface area (Å²) in [4.78, 5) is 23.4. The van der Waals surface area contributed by atoms with E-state index in [-0.39, 0.29) is 24.9 Å². The van der Waals surface area contributed by atoms with Crippen molar-refractivity contribution in [3.63, 3.8) is 0 Å². The van der Waals surface area contributed by atoms with Crippen molar-refractivity contribution >= 4 is 12.0 Å². The summed E-state index contributed by atoms with van der Waals surface area (Å²) in [5, 5.41) is 0. The van der Waals surface area contributed by atoms with Gasteiger partial charge in [-0.3, -0.25) is 10.2 Å². The quantitative estimate of drug-likeness (QED) is 0.834. The standard InChI is InChI=1S/C18H20N2O3/c1-2-23-18(22)20-19-17(21)13-16(14-9-5-3-6-10-14)15-11-7-4-8-12-15/h3-12,16H,2,13H2,1H3,(H,19,21)(H,20,22). The van der Waals surface area contributed by atoms with E-state index in [0.717, 1.165) is 11.1 Å². The molecule has 0 unspecified atom stereocenters. The first-order valence-electron chi connectivity index (χ1n) is 7.52. The van der Waals surface area contributed by atoms with E-state index in [9.17, 15) is 9.59 Å².